The summed E-state index contributed by atoms with van der Waals surface area (Å²) in [5.41, 5.74) is 2.24. The zero-order valence-electron chi connectivity index (χ0n) is 11.6. The molecule has 0 saturated heterocycles. The smallest absolute Gasteiger partial charge is 0.335 e. The number of fused-ring (bicyclic) bond motifs is 4. The molecular weight excluding hydrogens is 284 g/mol. The Morgan fingerprint density at radius 1 is 1.14 bits per heavy atom. The average molecular weight is 296 g/mol. The lowest BCUT2D eigenvalue weighted by Crippen LogP contribution is -2.11. The minimum Gasteiger partial charge on any atom is -0.493 e. The predicted octanol–water partition coefficient (Wildman–Crippen LogP) is 2.92. The summed E-state index contributed by atoms with van der Waals surface area (Å²) >= 11 is 0. The first-order valence-corrected chi connectivity index (χ1v) is 7.02. The van der Waals surface area contributed by atoms with Crippen LogP contribution in [0.2, 0.25) is 0 Å². The molecule has 4 rings (SSSR count). The van der Waals surface area contributed by atoms with Crippen molar-refractivity contribution in [3.63, 3.8) is 0 Å². The van der Waals surface area contributed by atoms with E-state index in [0.717, 1.165) is 35.6 Å². The van der Waals surface area contributed by atoms with Gasteiger partial charge in [-0.15, -0.1) is 0 Å². The summed E-state index contributed by atoms with van der Waals surface area (Å²) in [7, 11) is 0. The van der Waals surface area contributed by atoms with Crippen LogP contribution in [0.25, 0.3) is 22.1 Å². The first-order valence-electron chi connectivity index (χ1n) is 7.02. The minimum absolute atomic E-state index is 0.0148. The first kappa shape index (κ1) is 12.9. The third-order valence-corrected chi connectivity index (χ3v) is 3.99. The van der Waals surface area contributed by atoms with Crippen molar-refractivity contribution in [2.45, 2.75) is 12.8 Å². The lowest BCUT2D eigenvalue weighted by atomic mass is 9.95. The quantitative estimate of drug-likeness (QED) is 0.699. The third-order valence-electron chi connectivity index (χ3n) is 3.99. The molecule has 1 aromatic rings. The van der Waals surface area contributed by atoms with Crippen LogP contribution in [-0.2, 0) is 6.42 Å². The molecule has 0 saturated carbocycles. The van der Waals surface area contributed by atoms with E-state index < -0.39 is 5.97 Å². The minimum atomic E-state index is -1.12. The van der Waals surface area contributed by atoms with Gasteiger partial charge in [0.2, 0.25) is 0 Å². The van der Waals surface area contributed by atoms with E-state index in [1.54, 1.807) is 6.07 Å². The fourth-order valence-corrected chi connectivity index (χ4v) is 2.91. The number of rotatable bonds is 1. The highest BCUT2D eigenvalue weighted by Gasteiger charge is 2.19. The predicted molar refractivity (Wildman–Crippen MR) is 79.9 cm³/mol. The van der Waals surface area contributed by atoms with Crippen LogP contribution < -0.4 is 10.2 Å². The largest absolute Gasteiger partial charge is 0.493 e. The molecule has 5 nitrogen and oxygen atoms in total. The summed E-state index contributed by atoms with van der Waals surface area (Å²) in [5, 5.41) is 9.89. The van der Waals surface area contributed by atoms with Gasteiger partial charge in [-0.2, -0.15) is 0 Å². The number of aryl methyl sites for hydroxylation is 1. The molecule has 3 aliphatic rings. The monoisotopic (exact) mass is 296 g/mol. The molecule has 0 atom stereocenters. The van der Waals surface area contributed by atoms with Crippen LogP contribution in [0, 0.1) is 0 Å². The van der Waals surface area contributed by atoms with E-state index in [-0.39, 0.29) is 11.0 Å². The van der Waals surface area contributed by atoms with Gasteiger partial charge in [0, 0.05) is 23.1 Å². The number of benzene rings is 2. The molecule has 0 bridgehead atoms. The van der Waals surface area contributed by atoms with E-state index in [0.29, 0.717) is 23.3 Å². The van der Waals surface area contributed by atoms with Gasteiger partial charge in [-0.05, 0) is 30.5 Å². The number of hydrogen-bond donors (Lipinski definition) is 1. The zero-order chi connectivity index (χ0) is 15.3. The maximum absolute atomic E-state index is 12.1. The van der Waals surface area contributed by atoms with Crippen LogP contribution in [-0.4, -0.2) is 17.7 Å². The Balaban J connectivity index is 2.10. The average Bonchev–Trinajstić information content (AvgIpc) is 2.52. The molecule has 0 unspecified atom stereocenters. The highest BCUT2D eigenvalue weighted by atomic mass is 16.5. The Morgan fingerprint density at radius 2 is 2.00 bits per heavy atom. The Kier molecular flexibility index (Phi) is 2.69. The van der Waals surface area contributed by atoms with Gasteiger partial charge in [0.1, 0.15) is 17.6 Å². The summed E-state index contributed by atoms with van der Waals surface area (Å²) in [6.45, 7) is 0.681. The third kappa shape index (κ3) is 1.86. The van der Waals surface area contributed by atoms with Gasteiger partial charge in [-0.3, -0.25) is 4.79 Å². The van der Waals surface area contributed by atoms with Gasteiger partial charge in [0.05, 0.1) is 17.7 Å². The molecule has 0 radical (unpaired) electrons. The molecule has 0 fully saturated rings. The van der Waals surface area contributed by atoms with Gasteiger partial charge >= 0.3 is 5.97 Å². The molecule has 0 spiro atoms. The van der Waals surface area contributed by atoms with Crippen LogP contribution in [0.5, 0.6) is 5.75 Å². The molecule has 1 aromatic carbocycles. The van der Waals surface area contributed by atoms with Crippen LogP contribution >= 0.6 is 0 Å². The molecule has 1 aliphatic carbocycles. The van der Waals surface area contributed by atoms with E-state index >= 15 is 0 Å². The molecule has 0 aromatic heterocycles. The second-order valence-corrected chi connectivity index (χ2v) is 5.38. The fourth-order valence-electron chi connectivity index (χ4n) is 2.91. The number of carboxylic acids is 1. The molecule has 1 N–H and O–H groups in total. The molecule has 5 heteroatoms. The van der Waals surface area contributed by atoms with Gasteiger partial charge in [0.15, 0.2) is 5.43 Å². The summed E-state index contributed by atoms with van der Waals surface area (Å²) in [6, 6.07) is 6.38. The van der Waals surface area contributed by atoms with Gasteiger partial charge in [-0.1, -0.05) is 0 Å². The van der Waals surface area contributed by atoms with Gasteiger partial charge in [0.25, 0.3) is 0 Å². The normalized spacial score (nSPS) is 13.8. The van der Waals surface area contributed by atoms with E-state index in [4.69, 9.17) is 14.3 Å². The topological polar surface area (TPSA) is 76.7 Å². The maximum Gasteiger partial charge on any atom is 0.335 e. The zero-order valence-corrected chi connectivity index (χ0v) is 11.6. The summed E-state index contributed by atoms with van der Waals surface area (Å²) in [5.74, 6) is -0.326. The van der Waals surface area contributed by atoms with Crippen LogP contribution in [0.15, 0.2) is 39.7 Å². The molecule has 0 amide bonds. The van der Waals surface area contributed by atoms with E-state index in [1.807, 2.05) is 6.07 Å². The molecule has 2 heterocycles. The Labute approximate surface area is 125 Å². The maximum atomic E-state index is 12.1. The van der Waals surface area contributed by atoms with Crippen molar-refractivity contribution in [2.24, 2.45) is 0 Å². The van der Waals surface area contributed by atoms with Crippen molar-refractivity contribution >= 4 is 16.9 Å². The number of carbonyl (C=O) groups is 1. The fraction of sp³-hybridized carbons (Fsp3) is 0.176. The standard InChI is InChI=1S/C17H12O5/c18-14-6-10(17(19)20)5-11-12-4-9-2-1-3-21-15(9)7-16(12)22-8-13(11)14/h4-8H,1-3H2,(H,19,20). The SMILES string of the molecule is O=C(O)c1cc2c3cc4c(cc3occ-2c(=O)c1)OCCC4. The second-order valence-electron chi connectivity index (χ2n) is 5.38. The number of aromatic carboxylic acids is 1. The molecular formula is C17H12O5. The van der Waals surface area contributed by atoms with Crippen LogP contribution in [0.3, 0.4) is 0 Å². The van der Waals surface area contributed by atoms with Crippen molar-refractivity contribution in [2.75, 3.05) is 6.61 Å². The molecule has 2 aliphatic heterocycles. The van der Waals surface area contributed by atoms with Crippen molar-refractivity contribution < 1.29 is 19.1 Å². The van der Waals surface area contributed by atoms with Crippen molar-refractivity contribution in [3.8, 4) is 16.9 Å². The van der Waals surface area contributed by atoms with Crippen molar-refractivity contribution in [1.29, 1.82) is 0 Å². The summed E-state index contributed by atoms with van der Waals surface area (Å²) < 4.78 is 11.2. The van der Waals surface area contributed by atoms with Crippen molar-refractivity contribution in [1.82, 2.24) is 0 Å². The number of carboxylic acid groups (broad SMARTS) is 1. The van der Waals surface area contributed by atoms with Gasteiger partial charge in [-0.25, -0.2) is 4.79 Å². The number of ether oxygens (including phenoxy) is 1. The summed E-state index contributed by atoms with van der Waals surface area (Å²) in [4.78, 5) is 23.3. The summed E-state index contributed by atoms with van der Waals surface area (Å²) in [6.07, 6.45) is 3.21. The van der Waals surface area contributed by atoms with E-state index in [1.165, 1.54) is 12.3 Å². The van der Waals surface area contributed by atoms with Gasteiger partial charge < -0.3 is 14.3 Å². The Hall–Kier alpha value is -2.82. The first-order chi connectivity index (χ1) is 10.6. The highest BCUT2D eigenvalue weighted by molar-refractivity contribution is 5.98. The van der Waals surface area contributed by atoms with Crippen LogP contribution in [0.1, 0.15) is 22.3 Å². The van der Waals surface area contributed by atoms with Crippen molar-refractivity contribution in [3.05, 3.63) is 51.9 Å². The lowest BCUT2D eigenvalue weighted by molar-refractivity contribution is 0.0697. The lowest BCUT2D eigenvalue weighted by Gasteiger charge is -2.18. The van der Waals surface area contributed by atoms with E-state index in [9.17, 15) is 9.59 Å². The van der Waals surface area contributed by atoms with E-state index in [2.05, 4.69) is 0 Å². The van der Waals surface area contributed by atoms with Crippen LogP contribution in [0.4, 0.5) is 0 Å². The second kappa shape index (κ2) is 4.59. The number of hydrogen-bond acceptors (Lipinski definition) is 4. The molecule has 110 valence electrons. The highest BCUT2D eigenvalue weighted by Crippen LogP contribution is 2.35. The Morgan fingerprint density at radius 3 is 2.82 bits per heavy atom. The molecule has 22 heavy (non-hydrogen) atoms. The Bertz CT molecular complexity index is 938.